The molecule has 1 aromatic rings. The molecule has 0 bridgehead atoms. The molecular weight excluding hydrogens is 270 g/mol. The molecule has 108 valence electrons. The Balaban J connectivity index is 2.00. The van der Waals surface area contributed by atoms with Crippen LogP contribution in [-0.2, 0) is 15.1 Å². The highest BCUT2D eigenvalue weighted by atomic mass is 32.2. The molecule has 1 atom stereocenters. The quantitative estimate of drug-likeness (QED) is 0.869. The first kappa shape index (κ1) is 14.0. The van der Waals surface area contributed by atoms with E-state index < -0.39 is 5.54 Å². The zero-order valence-electron chi connectivity index (χ0n) is 11.9. The molecule has 0 amide bonds. The van der Waals surface area contributed by atoms with E-state index in [1.807, 2.05) is 23.9 Å². The first-order valence-corrected chi connectivity index (χ1v) is 8.33. The van der Waals surface area contributed by atoms with Gasteiger partial charge in [-0.25, -0.2) is 4.79 Å². The first-order chi connectivity index (χ1) is 9.76. The lowest BCUT2D eigenvalue weighted by Gasteiger charge is -2.39. The molecule has 1 aliphatic carbocycles. The van der Waals surface area contributed by atoms with Crippen molar-refractivity contribution >= 4 is 17.7 Å². The van der Waals surface area contributed by atoms with Crippen LogP contribution in [0.3, 0.4) is 0 Å². The van der Waals surface area contributed by atoms with E-state index >= 15 is 0 Å². The maximum atomic E-state index is 12.5. The number of hydrogen-bond donors (Lipinski definition) is 1. The Kier molecular flexibility index (Phi) is 4.03. The minimum absolute atomic E-state index is 0.142. The van der Waals surface area contributed by atoms with Gasteiger partial charge < -0.3 is 4.74 Å². The van der Waals surface area contributed by atoms with Crippen molar-refractivity contribution in [3.63, 3.8) is 0 Å². The lowest BCUT2D eigenvalue weighted by atomic mass is 9.85. The monoisotopic (exact) mass is 291 g/mol. The number of nitrogens with one attached hydrogen (secondary N) is 1. The number of benzene rings is 1. The largest absolute Gasteiger partial charge is 0.467 e. The predicted octanol–water partition coefficient (Wildman–Crippen LogP) is 3.08. The summed E-state index contributed by atoms with van der Waals surface area (Å²) in [4.78, 5) is 13.7. The summed E-state index contributed by atoms with van der Waals surface area (Å²) in [7, 11) is 1.49. The zero-order chi connectivity index (χ0) is 14.0. The fourth-order valence-electron chi connectivity index (χ4n) is 3.41. The highest BCUT2D eigenvalue weighted by Gasteiger charge is 2.46. The zero-order valence-corrected chi connectivity index (χ0v) is 12.7. The van der Waals surface area contributed by atoms with Gasteiger partial charge in [0.2, 0.25) is 0 Å². The van der Waals surface area contributed by atoms with E-state index in [4.69, 9.17) is 4.74 Å². The van der Waals surface area contributed by atoms with Gasteiger partial charge >= 0.3 is 5.97 Å². The Labute approximate surface area is 124 Å². The molecular formula is C16H21NO2S. The molecule has 1 aliphatic heterocycles. The van der Waals surface area contributed by atoms with Crippen LogP contribution in [0.15, 0.2) is 29.2 Å². The third kappa shape index (κ3) is 2.35. The fraction of sp³-hybridized carbons (Fsp3) is 0.562. The van der Waals surface area contributed by atoms with E-state index in [1.54, 1.807) is 0 Å². The Hall–Kier alpha value is -1.00. The van der Waals surface area contributed by atoms with Crippen molar-refractivity contribution in [1.82, 2.24) is 5.32 Å². The topological polar surface area (TPSA) is 38.3 Å². The summed E-state index contributed by atoms with van der Waals surface area (Å²) in [5, 5.41) is 3.65. The SMILES string of the molecule is COC(=O)C1(NC2CCCC2)CCSc2ccccc21. The molecule has 0 saturated heterocycles. The number of carbonyl (C=O) groups is 1. The second-order valence-electron chi connectivity index (χ2n) is 5.62. The number of rotatable bonds is 3. The van der Waals surface area contributed by atoms with Crippen LogP contribution in [0.2, 0.25) is 0 Å². The van der Waals surface area contributed by atoms with E-state index in [9.17, 15) is 4.79 Å². The van der Waals surface area contributed by atoms with Crippen molar-refractivity contribution in [2.75, 3.05) is 12.9 Å². The van der Waals surface area contributed by atoms with Crippen LogP contribution in [0.1, 0.15) is 37.7 Å². The van der Waals surface area contributed by atoms with Gasteiger partial charge in [-0.1, -0.05) is 31.0 Å². The number of fused-ring (bicyclic) bond motifs is 1. The maximum absolute atomic E-state index is 12.5. The molecule has 1 aromatic carbocycles. The van der Waals surface area contributed by atoms with Crippen LogP contribution in [0, 0.1) is 0 Å². The van der Waals surface area contributed by atoms with E-state index in [1.165, 1.54) is 24.8 Å². The van der Waals surface area contributed by atoms with Crippen LogP contribution in [0.25, 0.3) is 0 Å². The molecule has 1 heterocycles. The molecule has 1 unspecified atom stereocenters. The minimum Gasteiger partial charge on any atom is -0.467 e. The molecule has 3 rings (SSSR count). The normalized spacial score (nSPS) is 26.2. The van der Waals surface area contributed by atoms with Crippen LogP contribution in [-0.4, -0.2) is 24.9 Å². The maximum Gasteiger partial charge on any atom is 0.330 e. The van der Waals surface area contributed by atoms with Crippen LogP contribution < -0.4 is 5.32 Å². The Morgan fingerprint density at radius 3 is 2.85 bits per heavy atom. The molecule has 2 aliphatic rings. The molecule has 1 fully saturated rings. The number of ether oxygens (including phenoxy) is 1. The molecule has 4 heteroatoms. The lowest BCUT2D eigenvalue weighted by Crippen LogP contribution is -2.55. The van der Waals surface area contributed by atoms with Crippen molar-refractivity contribution in [3.8, 4) is 0 Å². The standard InChI is InChI=1S/C16H21NO2S/c1-19-15(18)16(17-12-6-2-3-7-12)10-11-20-14-9-5-4-8-13(14)16/h4-5,8-9,12,17H,2-3,6-7,10-11H2,1H3. The van der Waals surface area contributed by atoms with Gasteiger partial charge in [-0.05, 0) is 30.9 Å². The van der Waals surface area contributed by atoms with E-state index in [2.05, 4.69) is 17.4 Å². The second-order valence-corrected chi connectivity index (χ2v) is 6.75. The van der Waals surface area contributed by atoms with Crippen molar-refractivity contribution in [3.05, 3.63) is 29.8 Å². The molecule has 1 N–H and O–H groups in total. The van der Waals surface area contributed by atoms with Crippen molar-refractivity contribution < 1.29 is 9.53 Å². The fourth-order valence-corrected chi connectivity index (χ4v) is 4.61. The molecule has 20 heavy (non-hydrogen) atoms. The minimum atomic E-state index is -0.647. The highest BCUT2D eigenvalue weighted by Crippen LogP contribution is 2.42. The molecule has 0 radical (unpaired) electrons. The third-order valence-electron chi connectivity index (χ3n) is 4.42. The number of esters is 1. The summed E-state index contributed by atoms with van der Waals surface area (Å²) in [5.74, 6) is 0.809. The van der Waals surface area contributed by atoms with Gasteiger partial charge in [-0.3, -0.25) is 5.32 Å². The molecule has 0 spiro atoms. The smallest absolute Gasteiger partial charge is 0.330 e. The molecule has 0 aromatic heterocycles. The molecule has 1 saturated carbocycles. The second kappa shape index (κ2) is 5.78. The number of methoxy groups -OCH3 is 1. The molecule has 3 nitrogen and oxygen atoms in total. The lowest BCUT2D eigenvalue weighted by molar-refractivity contribution is -0.150. The Bertz CT molecular complexity index is 499. The van der Waals surface area contributed by atoms with Gasteiger partial charge in [0, 0.05) is 16.7 Å². The van der Waals surface area contributed by atoms with Crippen LogP contribution >= 0.6 is 11.8 Å². The van der Waals surface area contributed by atoms with Crippen molar-refractivity contribution in [2.24, 2.45) is 0 Å². The van der Waals surface area contributed by atoms with Gasteiger partial charge in [0.05, 0.1) is 7.11 Å². The highest BCUT2D eigenvalue weighted by molar-refractivity contribution is 7.99. The van der Waals surface area contributed by atoms with Crippen molar-refractivity contribution in [1.29, 1.82) is 0 Å². The number of thioether (sulfide) groups is 1. The summed E-state index contributed by atoms with van der Waals surface area (Å²) in [6, 6.07) is 8.66. The van der Waals surface area contributed by atoms with E-state index in [-0.39, 0.29) is 5.97 Å². The number of carbonyl (C=O) groups excluding carboxylic acids is 1. The first-order valence-electron chi connectivity index (χ1n) is 7.35. The Morgan fingerprint density at radius 2 is 2.10 bits per heavy atom. The van der Waals surface area contributed by atoms with Crippen LogP contribution in [0.4, 0.5) is 0 Å². The van der Waals surface area contributed by atoms with Gasteiger partial charge in [-0.15, -0.1) is 11.8 Å². The van der Waals surface area contributed by atoms with Gasteiger partial charge in [0.25, 0.3) is 0 Å². The number of hydrogen-bond acceptors (Lipinski definition) is 4. The average Bonchev–Trinajstić information content (AvgIpc) is 2.99. The van der Waals surface area contributed by atoms with Gasteiger partial charge in [-0.2, -0.15) is 0 Å². The van der Waals surface area contributed by atoms with E-state index in [0.29, 0.717) is 6.04 Å². The summed E-state index contributed by atoms with van der Waals surface area (Å²) < 4.78 is 5.15. The summed E-state index contributed by atoms with van der Waals surface area (Å²) in [5.41, 5.74) is 0.445. The predicted molar refractivity (Wildman–Crippen MR) is 80.9 cm³/mol. The Morgan fingerprint density at radius 1 is 1.35 bits per heavy atom. The van der Waals surface area contributed by atoms with Crippen LogP contribution in [0.5, 0.6) is 0 Å². The summed E-state index contributed by atoms with van der Waals surface area (Å²) >= 11 is 1.83. The summed E-state index contributed by atoms with van der Waals surface area (Å²) in [6.07, 6.45) is 5.64. The van der Waals surface area contributed by atoms with E-state index in [0.717, 1.165) is 30.6 Å². The average molecular weight is 291 g/mol. The van der Waals surface area contributed by atoms with Gasteiger partial charge in [0.1, 0.15) is 5.54 Å². The summed E-state index contributed by atoms with van der Waals surface area (Å²) in [6.45, 7) is 0. The van der Waals surface area contributed by atoms with Crippen molar-refractivity contribution in [2.45, 2.75) is 48.6 Å². The van der Waals surface area contributed by atoms with Gasteiger partial charge in [0.15, 0.2) is 0 Å². The third-order valence-corrected chi connectivity index (χ3v) is 5.50.